The van der Waals surface area contributed by atoms with Gasteiger partial charge in [0, 0.05) is 24.2 Å². The third-order valence-corrected chi connectivity index (χ3v) is 4.01. The van der Waals surface area contributed by atoms with Crippen LogP contribution in [-0.2, 0) is 9.53 Å². The van der Waals surface area contributed by atoms with E-state index in [-0.39, 0.29) is 17.4 Å². The summed E-state index contributed by atoms with van der Waals surface area (Å²) >= 11 is 0. The summed E-state index contributed by atoms with van der Waals surface area (Å²) in [6, 6.07) is -0.568. The zero-order valence-electron chi connectivity index (χ0n) is 14.8. The van der Waals surface area contributed by atoms with Crippen molar-refractivity contribution >= 4 is 17.7 Å². The van der Waals surface area contributed by atoms with Gasteiger partial charge in [-0.1, -0.05) is 13.8 Å². The van der Waals surface area contributed by atoms with Crippen molar-refractivity contribution in [2.75, 3.05) is 13.7 Å². The Hall–Kier alpha value is -2.11. The highest BCUT2D eigenvalue weighted by Crippen LogP contribution is 2.22. The van der Waals surface area contributed by atoms with E-state index in [0.29, 0.717) is 29.8 Å². The first-order valence-corrected chi connectivity index (χ1v) is 7.91. The lowest BCUT2D eigenvalue weighted by atomic mass is 9.99. The molecule has 0 fully saturated rings. The van der Waals surface area contributed by atoms with Gasteiger partial charge in [0.15, 0.2) is 5.78 Å². The molecule has 1 heterocycles. The molecule has 0 aliphatic rings. The van der Waals surface area contributed by atoms with Crippen LogP contribution in [0.15, 0.2) is 0 Å². The third-order valence-electron chi connectivity index (χ3n) is 4.01. The van der Waals surface area contributed by atoms with Crippen molar-refractivity contribution in [3.63, 3.8) is 0 Å². The summed E-state index contributed by atoms with van der Waals surface area (Å²) in [5, 5.41) is 0. The van der Waals surface area contributed by atoms with Crippen LogP contribution >= 0.6 is 0 Å². The number of rotatable bonds is 7. The number of nitrogens with zero attached hydrogens (tertiary/aromatic N) is 1. The minimum atomic E-state index is -0.568. The number of carbonyl (C=O) groups excluding carboxylic acids is 3. The highest BCUT2D eigenvalue weighted by Gasteiger charge is 2.30. The van der Waals surface area contributed by atoms with Crippen molar-refractivity contribution in [1.82, 2.24) is 9.88 Å². The van der Waals surface area contributed by atoms with Crippen LogP contribution in [-0.4, -0.2) is 47.2 Å². The first-order chi connectivity index (χ1) is 10.8. The van der Waals surface area contributed by atoms with Crippen LogP contribution in [0, 0.1) is 13.8 Å². The highest BCUT2D eigenvalue weighted by molar-refractivity contribution is 6.06. The fourth-order valence-corrected chi connectivity index (χ4v) is 2.75. The van der Waals surface area contributed by atoms with Crippen molar-refractivity contribution in [3.8, 4) is 0 Å². The molecule has 0 aromatic carbocycles. The topological polar surface area (TPSA) is 79.5 Å². The van der Waals surface area contributed by atoms with Gasteiger partial charge in [0.25, 0.3) is 0 Å². The molecule has 0 bridgehead atoms. The van der Waals surface area contributed by atoms with E-state index < -0.39 is 12.0 Å². The fraction of sp³-hybridized carbons (Fsp3) is 0.588. The molecule has 1 rings (SSSR count). The minimum Gasteiger partial charge on any atom is -0.464 e. The number of aromatic amines is 1. The van der Waals surface area contributed by atoms with Gasteiger partial charge in [0.05, 0.1) is 13.2 Å². The number of hydrogen-bond donors (Lipinski definition) is 1. The summed E-state index contributed by atoms with van der Waals surface area (Å²) in [5.74, 6) is -0.722. The van der Waals surface area contributed by atoms with E-state index in [1.165, 1.54) is 7.11 Å². The Balaban J connectivity index is 3.20. The number of amides is 1. The first-order valence-electron chi connectivity index (χ1n) is 7.91. The van der Waals surface area contributed by atoms with E-state index in [4.69, 9.17) is 4.74 Å². The lowest BCUT2D eigenvalue weighted by Crippen LogP contribution is -2.43. The number of hydrogen-bond acceptors (Lipinski definition) is 4. The molecule has 0 radical (unpaired) electrons. The molecule has 128 valence electrons. The van der Waals surface area contributed by atoms with Crippen molar-refractivity contribution in [3.05, 3.63) is 22.5 Å². The van der Waals surface area contributed by atoms with Gasteiger partial charge in [0.2, 0.25) is 5.91 Å². The number of ketones is 1. The van der Waals surface area contributed by atoms with Crippen LogP contribution in [0.25, 0.3) is 0 Å². The van der Waals surface area contributed by atoms with Crippen LogP contribution in [0.4, 0.5) is 0 Å². The van der Waals surface area contributed by atoms with Crippen LogP contribution in [0.2, 0.25) is 0 Å². The number of aromatic nitrogens is 1. The van der Waals surface area contributed by atoms with Gasteiger partial charge in [0.1, 0.15) is 5.69 Å². The van der Waals surface area contributed by atoms with Crippen molar-refractivity contribution < 1.29 is 19.1 Å². The summed E-state index contributed by atoms with van der Waals surface area (Å²) in [5.41, 5.74) is 1.92. The second kappa shape index (κ2) is 7.94. The van der Waals surface area contributed by atoms with E-state index in [1.54, 1.807) is 32.6 Å². The largest absolute Gasteiger partial charge is 0.464 e. The Morgan fingerprint density at radius 3 is 2.30 bits per heavy atom. The highest BCUT2D eigenvalue weighted by atomic mass is 16.5. The predicted molar refractivity (Wildman–Crippen MR) is 87.7 cm³/mol. The summed E-state index contributed by atoms with van der Waals surface area (Å²) in [6.07, 6.45) is 1.14. The zero-order chi connectivity index (χ0) is 17.7. The van der Waals surface area contributed by atoms with Gasteiger partial charge in [-0.2, -0.15) is 0 Å². The summed E-state index contributed by atoms with van der Waals surface area (Å²) < 4.78 is 4.72. The fourth-order valence-electron chi connectivity index (χ4n) is 2.75. The van der Waals surface area contributed by atoms with E-state index in [2.05, 4.69) is 4.98 Å². The molecule has 0 saturated heterocycles. The molecule has 1 aromatic rings. The molecule has 1 atom stereocenters. The molecule has 0 aliphatic heterocycles. The lowest BCUT2D eigenvalue weighted by molar-refractivity contribution is -0.132. The molecule has 1 N–H and O–H groups in total. The molecule has 6 heteroatoms. The Labute approximate surface area is 137 Å². The minimum absolute atomic E-state index is 0.0493. The molecule has 0 saturated carbocycles. The molecule has 1 aromatic heterocycles. The van der Waals surface area contributed by atoms with Crippen LogP contribution in [0.3, 0.4) is 0 Å². The number of esters is 1. The van der Waals surface area contributed by atoms with Crippen LogP contribution in [0.1, 0.15) is 65.7 Å². The van der Waals surface area contributed by atoms with E-state index in [1.807, 2.05) is 6.92 Å². The molecule has 1 amide bonds. The molecular formula is C17H26N2O4. The smallest absolute Gasteiger partial charge is 0.354 e. The van der Waals surface area contributed by atoms with Gasteiger partial charge >= 0.3 is 5.97 Å². The number of carbonyl (C=O) groups is 3. The van der Waals surface area contributed by atoms with Crippen molar-refractivity contribution in [2.45, 2.75) is 53.5 Å². The lowest BCUT2D eigenvalue weighted by Gasteiger charge is -2.28. The quantitative estimate of drug-likeness (QED) is 0.618. The summed E-state index contributed by atoms with van der Waals surface area (Å²) in [7, 11) is 1.30. The third kappa shape index (κ3) is 3.81. The Kier molecular flexibility index (Phi) is 6.54. The van der Waals surface area contributed by atoms with Crippen molar-refractivity contribution in [2.24, 2.45) is 0 Å². The average molecular weight is 322 g/mol. The second-order valence-electron chi connectivity index (χ2n) is 5.60. The standard InChI is InChI=1S/C17H26N2O4/c1-7-9-19(13(20)8-2)12(5)16(21)14-10(3)15(17(22)23-6)18-11(14)4/h12,18H,7-9H2,1-6H3/t12-/m0/s1. The van der Waals surface area contributed by atoms with E-state index >= 15 is 0 Å². The number of methoxy groups -OCH3 is 1. The molecular weight excluding hydrogens is 296 g/mol. The molecule has 23 heavy (non-hydrogen) atoms. The number of nitrogens with one attached hydrogen (secondary N) is 1. The predicted octanol–water partition coefficient (Wildman–Crippen LogP) is 2.64. The monoisotopic (exact) mass is 322 g/mol. The molecule has 0 spiro atoms. The van der Waals surface area contributed by atoms with Gasteiger partial charge in [-0.3, -0.25) is 9.59 Å². The van der Waals surface area contributed by atoms with Gasteiger partial charge in [-0.15, -0.1) is 0 Å². The normalized spacial score (nSPS) is 11.9. The molecule has 6 nitrogen and oxygen atoms in total. The van der Waals surface area contributed by atoms with Gasteiger partial charge < -0.3 is 14.6 Å². The molecule has 0 unspecified atom stereocenters. The number of ether oxygens (including phenoxy) is 1. The number of aryl methyl sites for hydroxylation is 1. The van der Waals surface area contributed by atoms with Crippen LogP contribution in [0.5, 0.6) is 0 Å². The maximum atomic E-state index is 12.9. The zero-order valence-corrected chi connectivity index (χ0v) is 14.8. The van der Waals surface area contributed by atoms with E-state index in [0.717, 1.165) is 6.42 Å². The first kappa shape index (κ1) is 18.9. The Morgan fingerprint density at radius 1 is 1.22 bits per heavy atom. The van der Waals surface area contributed by atoms with Crippen LogP contribution < -0.4 is 0 Å². The second-order valence-corrected chi connectivity index (χ2v) is 5.60. The Bertz CT molecular complexity index is 604. The summed E-state index contributed by atoms with van der Waals surface area (Å²) in [6.45, 7) is 9.47. The number of Topliss-reactive ketones (excluding diaryl/α,β-unsaturated/α-hetero) is 1. The van der Waals surface area contributed by atoms with Gasteiger partial charge in [-0.05, 0) is 32.8 Å². The SMILES string of the molecule is CCCN(C(=O)CC)[C@@H](C)C(=O)c1c(C)[nH]c(C(=O)OC)c1C. The van der Waals surface area contributed by atoms with Gasteiger partial charge in [-0.25, -0.2) is 4.79 Å². The maximum absolute atomic E-state index is 12.9. The number of H-pyrrole nitrogens is 1. The summed E-state index contributed by atoms with van der Waals surface area (Å²) in [4.78, 5) is 41.3. The van der Waals surface area contributed by atoms with Crippen molar-refractivity contribution in [1.29, 1.82) is 0 Å². The average Bonchev–Trinajstić information content (AvgIpc) is 2.84. The van der Waals surface area contributed by atoms with E-state index in [9.17, 15) is 14.4 Å². The maximum Gasteiger partial charge on any atom is 0.354 e. The molecule has 0 aliphatic carbocycles. The Morgan fingerprint density at radius 2 is 1.83 bits per heavy atom.